The van der Waals surface area contributed by atoms with Gasteiger partial charge in [0.25, 0.3) is 5.91 Å². The van der Waals surface area contributed by atoms with Crippen LogP contribution in [-0.2, 0) is 16.0 Å². The van der Waals surface area contributed by atoms with Gasteiger partial charge in [-0.2, -0.15) is 18.3 Å². The quantitative estimate of drug-likeness (QED) is 0.456. The molecule has 34 heavy (non-hydrogen) atoms. The molecule has 1 N–H and O–H groups in total. The van der Waals surface area contributed by atoms with E-state index >= 15 is 0 Å². The zero-order valence-corrected chi connectivity index (χ0v) is 18.3. The largest absolute Gasteiger partial charge is 0.433 e. The van der Waals surface area contributed by atoms with Crippen molar-refractivity contribution in [2.75, 3.05) is 11.6 Å². The summed E-state index contributed by atoms with van der Waals surface area (Å²) in [4.78, 5) is 20.3. The molecule has 4 rings (SSSR count). The van der Waals surface area contributed by atoms with Crippen molar-refractivity contribution in [3.8, 4) is 16.9 Å². The van der Waals surface area contributed by atoms with Crippen molar-refractivity contribution in [3.63, 3.8) is 0 Å². The van der Waals surface area contributed by atoms with Crippen molar-refractivity contribution in [1.82, 2.24) is 19.7 Å². The van der Waals surface area contributed by atoms with Crippen molar-refractivity contribution in [2.24, 2.45) is 0 Å². The summed E-state index contributed by atoms with van der Waals surface area (Å²) in [6, 6.07) is 12.3. The highest BCUT2D eigenvalue weighted by Crippen LogP contribution is 2.34. The first kappa shape index (κ1) is 23.1. The molecule has 0 aliphatic rings. The normalized spacial score (nSPS) is 11.9. The van der Waals surface area contributed by atoms with Gasteiger partial charge in [0.05, 0.1) is 28.0 Å². The fraction of sp³-hybridized carbons (Fsp3) is 0.0909. The number of hydrogen-bond acceptors (Lipinski definition) is 6. The van der Waals surface area contributed by atoms with E-state index in [0.717, 1.165) is 18.5 Å². The number of nitrogens with zero attached hydrogens (tertiary/aromatic N) is 4. The Morgan fingerprint density at radius 3 is 2.41 bits per heavy atom. The van der Waals surface area contributed by atoms with Crippen LogP contribution in [0.4, 0.5) is 19.0 Å². The number of aromatic nitrogens is 4. The highest BCUT2D eigenvalue weighted by molar-refractivity contribution is 7.90. The van der Waals surface area contributed by atoms with Crippen molar-refractivity contribution in [3.05, 3.63) is 84.4 Å². The monoisotopic (exact) mass is 487 g/mol. The van der Waals surface area contributed by atoms with Crippen LogP contribution in [0.25, 0.3) is 16.9 Å². The molecule has 0 aliphatic carbocycles. The molecule has 0 fully saturated rings. The fourth-order valence-electron chi connectivity index (χ4n) is 3.18. The van der Waals surface area contributed by atoms with Gasteiger partial charge in [-0.1, -0.05) is 12.1 Å². The van der Waals surface area contributed by atoms with Crippen LogP contribution in [0.1, 0.15) is 16.1 Å². The molecule has 12 heteroatoms. The van der Waals surface area contributed by atoms with E-state index in [4.69, 9.17) is 0 Å². The van der Waals surface area contributed by atoms with E-state index < -0.39 is 27.6 Å². The Hall–Kier alpha value is -4.06. The molecule has 8 nitrogen and oxygen atoms in total. The second-order valence-electron chi connectivity index (χ2n) is 7.19. The van der Waals surface area contributed by atoms with Crippen LogP contribution >= 0.6 is 0 Å². The molecule has 0 bridgehead atoms. The molecule has 0 saturated heterocycles. The van der Waals surface area contributed by atoms with Crippen LogP contribution in [0.3, 0.4) is 0 Å². The Balaban J connectivity index is 1.64. The Morgan fingerprint density at radius 2 is 1.79 bits per heavy atom. The van der Waals surface area contributed by atoms with Gasteiger partial charge in [0.15, 0.2) is 9.84 Å². The maximum atomic E-state index is 13.6. The van der Waals surface area contributed by atoms with E-state index in [-0.39, 0.29) is 27.7 Å². The maximum Gasteiger partial charge on any atom is 0.433 e. The van der Waals surface area contributed by atoms with Gasteiger partial charge in [0.1, 0.15) is 11.5 Å². The van der Waals surface area contributed by atoms with Gasteiger partial charge in [-0.25, -0.2) is 18.1 Å². The average Bonchev–Trinajstić information content (AvgIpc) is 3.26. The lowest BCUT2D eigenvalue weighted by Crippen LogP contribution is -2.17. The molecule has 0 unspecified atom stereocenters. The van der Waals surface area contributed by atoms with Gasteiger partial charge < -0.3 is 5.32 Å². The minimum Gasteiger partial charge on any atom is -0.307 e. The molecule has 1 aromatic carbocycles. The van der Waals surface area contributed by atoms with Gasteiger partial charge in [0.2, 0.25) is 0 Å². The molecular weight excluding hydrogens is 471 g/mol. The van der Waals surface area contributed by atoms with Crippen LogP contribution in [0.2, 0.25) is 0 Å². The number of pyridine rings is 2. The topological polar surface area (TPSA) is 107 Å². The predicted molar refractivity (Wildman–Crippen MR) is 117 cm³/mol. The van der Waals surface area contributed by atoms with Crippen LogP contribution < -0.4 is 5.32 Å². The van der Waals surface area contributed by atoms with Crippen LogP contribution in [0, 0.1) is 0 Å². The molecule has 0 saturated carbocycles. The first-order chi connectivity index (χ1) is 16.0. The summed E-state index contributed by atoms with van der Waals surface area (Å²) < 4.78 is 65.5. The smallest absolute Gasteiger partial charge is 0.307 e. The Bertz CT molecular complexity index is 1450. The number of alkyl halides is 3. The third-order valence-corrected chi connectivity index (χ3v) is 5.88. The van der Waals surface area contributed by atoms with Gasteiger partial charge in [-0.3, -0.25) is 9.78 Å². The van der Waals surface area contributed by atoms with Gasteiger partial charge >= 0.3 is 6.18 Å². The van der Waals surface area contributed by atoms with E-state index in [9.17, 15) is 26.4 Å². The van der Waals surface area contributed by atoms with E-state index in [0.29, 0.717) is 10.2 Å². The summed E-state index contributed by atoms with van der Waals surface area (Å²) in [5, 5.41) is 6.51. The number of carbonyl (C=O) groups is 1. The van der Waals surface area contributed by atoms with E-state index in [1.807, 2.05) is 0 Å². The predicted octanol–water partition coefficient (Wildman–Crippen LogP) is 4.00. The zero-order valence-electron chi connectivity index (χ0n) is 17.5. The molecule has 3 heterocycles. The number of halogens is 3. The van der Waals surface area contributed by atoms with Gasteiger partial charge in [-0.05, 0) is 42.5 Å². The first-order valence-corrected chi connectivity index (χ1v) is 11.6. The SMILES string of the molecule is CS(=O)(=O)c1ccccc1C(=O)Nc1ccc(-n2nc(-c3cccnc3)cc2C(F)(F)F)cn1. The van der Waals surface area contributed by atoms with Crippen LogP contribution in [-0.4, -0.2) is 40.3 Å². The summed E-state index contributed by atoms with van der Waals surface area (Å²) in [6.07, 6.45) is 0.311. The van der Waals surface area contributed by atoms with Crippen molar-refractivity contribution in [2.45, 2.75) is 11.1 Å². The lowest BCUT2D eigenvalue weighted by Gasteiger charge is -2.11. The highest BCUT2D eigenvalue weighted by Gasteiger charge is 2.36. The van der Waals surface area contributed by atoms with Crippen molar-refractivity contribution < 1.29 is 26.4 Å². The summed E-state index contributed by atoms with van der Waals surface area (Å²) in [7, 11) is -3.66. The van der Waals surface area contributed by atoms with Crippen molar-refractivity contribution in [1.29, 1.82) is 0 Å². The maximum absolute atomic E-state index is 13.6. The van der Waals surface area contributed by atoms with E-state index in [2.05, 4.69) is 20.4 Å². The molecule has 1 amide bonds. The first-order valence-electron chi connectivity index (χ1n) is 9.68. The number of benzene rings is 1. The zero-order chi connectivity index (χ0) is 24.5. The number of carbonyl (C=O) groups excluding carboxylic acids is 1. The molecule has 3 aromatic heterocycles. The Labute approximate surface area is 192 Å². The van der Waals surface area contributed by atoms with Crippen LogP contribution in [0.15, 0.2) is 78.1 Å². The molecule has 0 atom stereocenters. The third kappa shape index (κ3) is 4.81. The molecule has 174 valence electrons. The molecule has 4 aromatic rings. The lowest BCUT2D eigenvalue weighted by molar-refractivity contribution is -0.142. The number of hydrogen-bond donors (Lipinski definition) is 1. The summed E-state index contributed by atoms with van der Waals surface area (Å²) >= 11 is 0. The highest BCUT2D eigenvalue weighted by atomic mass is 32.2. The van der Waals surface area contributed by atoms with Gasteiger partial charge in [0, 0.05) is 24.2 Å². The Kier molecular flexibility index (Phi) is 5.92. The minimum atomic E-state index is -4.68. The summed E-state index contributed by atoms with van der Waals surface area (Å²) in [5.74, 6) is -0.708. The molecule has 0 radical (unpaired) electrons. The van der Waals surface area contributed by atoms with E-state index in [1.54, 1.807) is 12.1 Å². The molecule has 0 spiro atoms. The van der Waals surface area contributed by atoms with Crippen molar-refractivity contribution >= 4 is 21.6 Å². The minimum absolute atomic E-state index is 0.0111. The Morgan fingerprint density at radius 1 is 1.03 bits per heavy atom. The second kappa shape index (κ2) is 8.71. The number of rotatable bonds is 5. The summed E-state index contributed by atoms with van der Waals surface area (Å²) in [6.45, 7) is 0. The average molecular weight is 487 g/mol. The fourth-order valence-corrected chi connectivity index (χ4v) is 4.07. The second-order valence-corrected chi connectivity index (χ2v) is 9.17. The molecular formula is C22H16F3N5O3S. The summed E-state index contributed by atoms with van der Waals surface area (Å²) in [5.41, 5.74) is -0.587. The van der Waals surface area contributed by atoms with Crippen LogP contribution in [0.5, 0.6) is 0 Å². The third-order valence-electron chi connectivity index (χ3n) is 4.72. The number of sulfone groups is 1. The lowest BCUT2D eigenvalue weighted by atomic mass is 10.2. The standard InChI is InChI=1S/C22H16F3N5O3S/c1-34(32,33)18-7-3-2-6-16(18)21(31)28-20-9-8-15(13-27-20)30-19(22(23,24)25)11-17(29-30)14-5-4-10-26-12-14/h2-13H,1H3,(H,27,28,31). The van der Waals surface area contributed by atoms with Gasteiger partial charge in [-0.15, -0.1) is 0 Å². The van der Waals surface area contributed by atoms with E-state index in [1.165, 1.54) is 48.8 Å². The molecule has 0 aliphatic heterocycles. The number of nitrogens with one attached hydrogen (secondary N) is 1. The number of amides is 1. The number of anilines is 1.